The number of nitrogens with zero attached hydrogens (tertiary/aromatic N) is 3. The zero-order valence-electron chi connectivity index (χ0n) is 11.6. The van der Waals surface area contributed by atoms with Crippen LogP contribution in [0.2, 0.25) is 0 Å². The summed E-state index contributed by atoms with van der Waals surface area (Å²) in [7, 11) is 0. The number of fused-ring (bicyclic) bond motifs is 3. The van der Waals surface area contributed by atoms with Gasteiger partial charge in [0.05, 0.1) is 6.54 Å². The van der Waals surface area contributed by atoms with Crippen molar-refractivity contribution in [2.75, 3.05) is 6.54 Å². The molecular formula is C17H15N3O. The smallest absolute Gasteiger partial charge is 0.254 e. The molecule has 0 saturated carbocycles. The van der Waals surface area contributed by atoms with Crippen molar-refractivity contribution in [2.24, 2.45) is 0 Å². The highest BCUT2D eigenvalue weighted by Gasteiger charge is 2.22. The molecule has 104 valence electrons. The first-order chi connectivity index (χ1) is 10.3. The van der Waals surface area contributed by atoms with Crippen molar-refractivity contribution >= 4 is 16.8 Å². The lowest BCUT2D eigenvalue weighted by molar-refractivity contribution is 0.0712. The summed E-state index contributed by atoms with van der Waals surface area (Å²) in [6.07, 6.45) is 3.32. The van der Waals surface area contributed by atoms with Crippen LogP contribution in [-0.2, 0) is 13.1 Å². The van der Waals surface area contributed by atoms with E-state index in [2.05, 4.69) is 33.8 Å². The average Bonchev–Trinajstić information content (AvgIpc) is 2.92. The predicted molar refractivity (Wildman–Crippen MR) is 80.9 cm³/mol. The number of carbonyl (C=O) groups is 1. The van der Waals surface area contributed by atoms with Crippen LogP contribution in [0.15, 0.2) is 54.9 Å². The molecule has 0 saturated heterocycles. The molecule has 21 heavy (non-hydrogen) atoms. The van der Waals surface area contributed by atoms with Crippen molar-refractivity contribution in [3.05, 3.63) is 66.1 Å². The maximum absolute atomic E-state index is 12.5. The molecule has 1 aliphatic heterocycles. The van der Waals surface area contributed by atoms with E-state index in [9.17, 15) is 4.79 Å². The van der Waals surface area contributed by atoms with Crippen LogP contribution in [0.1, 0.15) is 16.1 Å². The third kappa shape index (κ3) is 2.00. The number of para-hydroxylation sites is 1. The largest absolute Gasteiger partial charge is 0.341 e. The van der Waals surface area contributed by atoms with Crippen molar-refractivity contribution in [1.82, 2.24) is 14.5 Å². The lowest BCUT2D eigenvalue weighted by Crippen LogP contribution is -2.38. The molecule has 0 bridgehead atoms. The van der Waals surface area contributed by atoms with E-state index in [-0.39, 0.29) is 5.91 Å². The minimum Gasteiger partial charge on any atom is -0.341 e. The van der Waals surface area contributed by atoms with Crippen LogP contribution in [0.3, 0.4) is 0 Å². The quantitative estimate of drug-likeness (QED) is 0.686. The Hall–Kier alpha value is -2.62. The van der Waals surface area contributed by atoms with Crippen LogP contribution in [0.25, 0.3) is 10.9 Å². The SMILES string of the molecule is O=C(c1ccncc1)N1CCn2c(cc3ccccc32)C1. The van der Waals surface area contributed by atoms with Gasteiger partial charge < -0.3 is 9.47 Å². The monoisotopic (exact) mass is 277 g/mol. The van der Waals surface area contributed by atoms with Gasteiger partial charge in [0, 0.05) is 42.3 Å². The zero-order chi connectivity index (χ0) is 14.2. The van der Waals surface area contributed by atoms with E-state index in [0.717, 1.165) is 13.1 Å². The summed E-state index contributed by atoms with van der Waals surface area (Å²) in [5.74, 6) is 0.0777. The van der Waals surface area contributed by atoms with E-state index in [1.165, 1.54) is 16.6 Å². The Balaban J connectivity index is 1.66. The van der Waals surface area contributed by atoms with Gasteiger partial charge in [0.2, 0.25) is 0 Å². The Morgan fingerprint density at radius 3 is 2.71 bits per heavy atom. The maximum Gasteiger partial charge on any atom is 0.254 e. The average molecular weight is 277 g/mol. The summed E-state index contributed by atoms with van der Waals surface area (Å²) < 4.78 is 2.31. The predicted octanol–water partition coefficient (Wildman–Crippen LogP) is 2.69. The Morgan fingerprint density at radius 1 is 1.05 bits per heavy atom. The number of amides is 1. The number of hydrogen-bond donors (Lipinski definition) is 0. The zero-order valence-corrected chi connectivity index (χ0v) is 11.6. The van der Waals surface area contributed by atoms with Gasteiger partial charge in [0.15, 0.2) is 0 Å². The molecule has 4 nitrogen and oxygen atoms in total. The third-order valence-corrected chi connectivity index (χ3v) is 4.06. The molecule has 0 unspecified atom stereocenters. The van der Waals surface area contributed by atoms with Crippen LogP contribution >= 0.6 is 0 Å². The van der Waals surface area contributed by atoms with E-state index in [4.69, 9.17) is 0 Å². The van der Waals surface area contributed by atoms with Gasteiger partial charge in [-0.15, -0.1) is 0 Å². The summed E-state index contributed by atoms with van der Waals surface area (Å²) in [6.45, 7) is 2.25. The molecule has 0 radical (unpaired) electrons. The Bertz CT molecular complexity index is 807. The van der Waals surface area contributed by atoms with Gasteiger partial charge in [0.1, 0.15) is 0 Å². The highest BCUT2D eigenvalue weighted by atomic mass is 16.2. The number of carbonyl (C=O) groups excluding carboxylic acids is 1. The molecule has 0 spiro atoms. The van der Waals surface area contributed by atoms with Crippen molar-refractivity contribution in [2.45, 2.75) is 13.1 Å². The number of pyridine rings is 1. The highest BCUT2D eigenvalue weighted by molar-refractivity contribution is 5.94. The summed E-state index contributed by atoms with van der Waals surface area (Å²) in [6, 6.07) is 14.1. The minimum atomic E-state index is 0.0777. The fraction of sp³-hybridized carbons (Fsp3) is 0.176. The maximum atomic E-state index is 12.5. The Labute approximate surface area is 122 Å². The summed E-state index contributed by atoms with van der Waals surface area (Å²) >= 11 is 0. The van der Waals surface area contributed by atoms with Gasteiger partial charge in [0.25, 0.3) is 5.91 Å². The second kappa shape index (κ2) is 4.74. The standard InChI is InChI=1S/C17H15N3O/c21-17(13-5-7-18-8-6-13)19-9-10-20-15(12-19)11-14-3-1-2-4-16(14)20/h1-8,11H,9-10,12H2. The van der Waals surface area contributed by atoms with E-state index in [0.29, 0.717) is 12.1 Å². The van der Waals surface area contributed by atoms with Gasteiger partial charge >= 0.3 is 0 Å². The van der Waals surface area contributed by atoms with E-state index in [1.54, 1.807) is 24.5 Å². The minimum absolute atomic E-state index is 0.0777. The van der Waals surface area contributed by atoms with Crippen molar-refractivity contribution < 1.29 is 4.79 Å². The molecule has 4 rings (SSSR count). The molecule has 3 aromatic rings. The molecule has 2 aromatic heterocycles. The summed E-state index contributed by atoms with van der Waals surface area (Å²) in [5, 5.41) is 1.24. The molecule has 0 atom stereocenters. The second-order valence-corrected chi connectivity index (χ2v) is 5.31. The number of rotatable bonds is 1. The Morgan fingerprint density at radius 2 is 1.86 bits per heavy atom. The first-order valence-electron chi connectivity index (χ1n) is 7.09. The van der Waals surface area contributed by atoms with Crippen molar-refractivity contribution in [1.29, 1.82) is 0 Å². The summed E-state index contributed by atoms with van der Waals surface area (Å²) in [5.41, 5.74) is 3.16. The number of aromatic nitrogens is 2. The molecule has 3 heterocycles. The van der Waals surface area contributed by atoms with E-state index in [1.807, 2.05) is 11.0 Å². The topological polar surface area (TPSA) is 38.1 Å². The van der Waals surface area contributed by atoms with Gasteiger partial charge in [-0.05, 0) is 29.7 Å². The summed E-state index contributed by atoms with van der Waals surface area (Å²) in [4.78, 5) is 18.4. The van der Waals surface area contributed by atoms with Crippen LogP contribution in [0.5, 0.6) is 0 Å². The first kappa shape index (κ1) is 12.1. The first-order valence-corrected chi connectivity index (χ1v) is 7.09. The lowest BCUT2D eigenvalue weighted by Gasteiger charge is -2.29. The normalized spacial score (nSPS) is 14.2. The lowest BCUT2D eigenvalue weighted by atomic mass is 10.2. The molecule has 4 heteroatoms. The van der Waals surface area contributed by atoms with Gasteiger partial charge in [-0.2, -0.15) is 0 Å². The molecule has 0 aliphatic carbocycles. The molecular weight excluding hydrogens is 262 g/mol. The van der Waals surface area contributed by atoms with Crippen LogP contribution in [0, 0.1) is 0 Å². The van der Waals surface area contributed by atoms with E-state index >= 15 is 0 Å². The van der Waals surface area contributed by atoms with Gasteiger partial charge in [-0.1, -0.05) is 18.2 Å². The van der Waals surface area contributed by atoms with Crippen molar-refractivity contribution in [3.63, 3.8) is 0 Å². The fourth-order valence-electron chi connectivity index (χ4n) is 3.01. The van der Waals surface area contributed by atoms with Crippen LogP contribution < -0.4 is 0 Å². The van der Waals surface area contributed by atoms with E-state index < -0.39 is 0 Å². The second-order valence-electron chi connectivity index (χ2n) is 5.31. The highest BCUT2D eigenvalue weighted by Crippen LogP contribution is 2.24. The molecule has 0 N–H and O–H groups in total. The molecule has 0 fully saturated rings. The van der Waals surface area contributed by atoms with Gasteiger partial charge in [-0.25, -0.2) is 0 Å². The van der Waals surface area contributed by atoms with Crippen LogP contribution in [0.4, 0.5) is 0 Å². The van der Waals surface area contributed by atoms with Gasteiger partial charge in [-0.3, -0.25) is 9.78 Å². The van der Waals surface area contributed by atoms with Crippen LogP contribution in [-0.4, -0.2) is 26.9 Å². The Kier molecular flexibility index (Phi) is 2.74. The fourth-order valence-corrected chi connectivity index (χ4v) is 3.01. The third-order valence-electron chi connectivity index (χ3n) is 4.06. The molecule has 1 amide bonds. The number of hydrogen-bond acceptors (Lipinski definition) is 2. The molecule has 1 aromatic carbocycles. The molecule has 1 aliphatic rings. The number of benzene rings is 1. The van der Waals surface area contributed by atoms with Crippen molar-refractivity contribution in [3.8, 4) is 0 Å².